The van der Waals surface area contributed by atoms with Crippen molar-refractivity contribution in [3.05, 3.63) is 52.4 Å². The first-order valence-electron chi connectivity index (χ1n) is 10.0. The number of benzene rings is 1. The van der Waals surface area contributed by atoms with Crippen molar-refractivity contribution in [3.63, 3.8) is 0 Å². The Kier molecular flexibility index (Phi) is 5.78. The van der Waals surface area contributed by atoms with Crippen LogP contribution in [0.4, 0.5) is 5.69 Å². The summed E-state index contributed by atoms with van der Waals surface area (Å²) in [5.74, 6) is -2.77. The molecule has 166 valence electrons. The highest BCUT2D eigenvalue weighted by molar-refractivity contribution is 6.03. The molecular formula is C22H22N4O6. The molecule has 1 amide bonds. The molecule has 3 heterocycles. The van der Waals surface area contributed by atoms with Crippen LogP contribution in [-0.4, -0.2) is 64.5 Å². The molecule has 10 nitrogen and oxygen atoms in total. The number of fused-ring (bicyclic) bond motifs is 1. The molecule has 0 saturated carbocycles. The standard InChI is InChI=1S/C22H22N4O6/c1-25-20-15(19(29)18(22(25)31)21(30)24-12-17(27)28)10-13(11-23-20)14-4-2-3-5-16(14)26-6-8-32-9-7-26/h2-5,10-11,29H,6-9,12H2,1H3,(H,24,30)(H,27,28). The summed E-state index contributed by atoms with van der Waals surface area (Å²) >= 11 is 0. The fourth-order valence-electron chi connectivity index (χ4n) is 3.79. The van der Waals surface area contributed by atoms with Gasteiger partial charge in [0.2, 0.25) is 0 Å². The molecule has 32 heavy (non-hydrogen) atoms. The Hall–Kier alpha value is -3.92. The maximum atomic E-state index is 12.6. The van der Waals surface area contributed by atoms with Gasteiger partial charge in [-0.3, -0.25) is 19.0 Å². The van der Waals surface area contributed by atoms with Gasteiger partial charge in [-0.05, 0) is 12.1 Å². The normalized spacial score (nSPS) is 13.8. The molecule has 1 fully saturated rings. The Labute approximate surface area is 182 Å². The number of aromatic hydroxyl groups is 1. The molecular weight excluding hydrogens is 416 g/mol. The zero-order chi connectivity index (χ0) is 22.8. The van der Waals surface area contributed by atoms with Crippen molar-refractivity contribution in [2.45, 2.75) is 0 Å². The Morgan fingerprint density at radius 3 is 2.66 bits per heavy atom. The molecule has 1 aromatic carbocycles. The number of nitrogens with one attached hydrogen (secondary N) is 1. The topological polar surface area (TPSA) is 134 Å². The second-order valence-electron chi connectivity index (χ2n) is 7.38. The van der Waals surface area contributed by atoms with Gasteiger partial charge in [0, 0.05) is 43.1 Å². The number of ether oxygens (including phenoxy) is 1. The summed E-state index contributed by atoms with van der Waals surface area (Å²) in [6.45, 7) is 2.06. The molecule has 0 unspecified atom stereocenters. The molecule has 0 radical (unpaired) electrons. The van der Waals surface area contributed by atoms with Crippen LogP contribution >= 0.6 is 0 Å². The second-order valence-corrected chi connectivity index (χ2v) is 7.38. The lowest BCUT2D eigenvalue weighted by molar-refractivity contribution is -0.135. The van der Waals surface area contributed by atoms with Crippen LogP contribution in [0.3, 0.4) is 0 Å². The molecule has 1 saturated heterocycles. The third-order valence-corrected chi connectivity index (χ3v) is 5.39. The summed E-state index contributed by atoms with van der Waals surface area (Å²) < 4.78 is 6.60. The fraction of sp³-hybridized carbons (Fsp3) is 0.273. The van der Waals surface area contributed by atoms with Gasteiger partial charge >= 0.3 is 5.97 Å². The van der Waals surface area contributed by atoms with E-state index in [2.05, 4.69) is 15.2 Å². The lowest BCUT2D eigenvalue weighted by atomic mass is 10.0. The maximum Gasteiger partial charge on any atom is 0.322 e. The number of anilines is 1. The summed E-state index contributed by atoms with van der Waals surface area (Å²) in [6.07, 6.45) is 1.62. The van der Waals surface area contributed by atoms with E-state index in [0.29, 0.717) is 18.8 Å². The zero-order valence-electron chi connectivity index (χ0n) is 17.4. The van der Waals surface area contributed by atoms with E-state index in [1.54, 1.807) is 12.3 Å². The van der Waals surface area contributed by atoms with Gasteiger partial charge in [-0.1, -0.05) is 18.2 Å². The number of amides is 1. The molecule has 0 spiro atoms. The molecule has 0 bridgehead atoms. The van der Waals surface area contributed by atoms with Crippen LogP contribution in [0.25, 0.3) is 22.2 Å². The number of pyridine rings is 2. The molecule has 1 aliphatic rings. The number of carboxylic acids is 1. The van der Waals surface area contributed by atoms with E-state index in [9.17, 15) is 19.5 Å². The molecule has 3 aromatic rings. The van der Waals surface area contributed by atoms with E-state index < -0.39 is 35.3 Å². The van der Waals surface area contributed by atoms with E-state index in [0.717, 1.165) is 28.9 Å². The van der Waals surface area contributed by atoms with E-state index in [1.165, 1.54) is 7.05 Å². The van der Waals surface area contributed by atoms with Crippen LogP contribution < -0.4 is 15.8 Å². The number of aromatic nitrogens is 2. The van der Waals surface area contributed by atoms with Crippen molar-refractivity contribution in [3.8, 4) is 16.9 Å². The van der Waals surface area contributed by atoms with Gasteiger partial charge in [0.15, 0.2) is 0 Å². The van der Waals surface area contributed by atoms with Crippen molar-refractivity contribution in [2.24, 2.45) is 7.05 Å². The minimum Gasteiger partial charge on any atom is -0.506 e. The number of carbonyl (C=O) groups excluding carboxylic acids is 1. The molecule has 10 heteroatoms. The molecule has 2 aromatic heterocycles. The molecule has 1 aliphatic heterocycles. The molecule has 3 N–H and O–H groups in total. The van der Waals surface area contributed by atoms with Gasteiger partial charge < -0.3 is 25.2 Å². The summed E-state index contributed by atoms with van der Waals surface area (Å²) in [5, 5.41) is 21.9. The van der Waals surface area contributed by atoms with Crippen LogP contribution in [0.2, 0.25) is 0 Å². The lowest BCUT2D eigenvalue weighted by Gasteiger charge is -2.30. The van der Waals surface area contributed by atoms with Gasteiger partial charge in [-0.2, -0.15) is 0 Å². The molecule has 4 rings (SSSR count). The number of morpholine rings is 1. The minimum atomic E-state index is -1.26. The van der Waals surface area contributed by atoms with Crippen LogP contribution in [0, 0.1) is 0 Å². The van der Waals surface area contributed by atoms with Gasteiger partial charge in [-0.15, -0.1) is 0 Å². The van der Waals surface area contributed by atoms with Gasteiger partial charge in [0.1, 0.15) is 23.5 Å². The van der Waals surface area contributed by atoms with Crippen molar-refractivity contribution >= 4 is 28.6 Å². The minimum absolute atomic E-state index is 0.204. The van der Waals surface area contributed by atoms with E-state index in [1.807, 2.05) is 24.3 Å². The predicted octanol–water partition coefficient (Wildman–Crippen LogP) is 0.957. The Balaban J connectivity index is 1.84. The predicted molar refractivity (Wildman–Crippen MR) is 117 cm³/mol. The van der Waals surface area contributed by atoms with Crippen LogP contribution in [0.5, 0.6) is 5.75 Å². The Morgan fingerprint density at radius 2 is 1.94 bits per heavy atom. The number of carboxylic acid groups (broad SMARTS) is 1. The number of nitrogens with zero attached hydrogens (tertiary/aromatic N) is 3. The smallest absolute Gasteiger partial charge is 0.322 e. The third kappa shape index (κ3) is 3.87. The highest BCUT2D eigenvalue weighted by Gasteiger charge is 2.23. The number of para-hydroxylation sites is 1. The van der Waals surface area contributed by atoms with Crippen LogP contribution in [0.15, 0.2) is 41.3 Å². The lowest BCUT2D eigenvalue weighted by Crippen LogP contribution is -2.36. The van der Waals surface area contributed by atoms with Gasteiger partial charge in [0.05, 0.1) is 18.6 Å². The number of aliphatic carboxylic acids is 1. The average molecular weight is 438 g/mol. The highest BCUT2D eigenvalue weighted by atomic mass is 16.5. The first-order valence-corrected chi connectivity index (χ1v) is 10.0. The summed E-state index contributed by atoms with van der Waals surface area (Å²) in [5.41, 5.74) is 1.48. The number of hydrogen-bond donors (Lipinski definition) is 3. The third-order valence-electron chi connectivity index (χ3n) is 5.39. The summed E-state index contributed by atoms with van der Waals surface area (Å²) in [4.78, 5) is 42.4. The maximum absolute atomic E-state index is 12.6. The van der Waals surface area contributed by atoms with Crippen molar-refractivity contribution in [1.29, 1.82) is 0 Å². The van der Waals surface area contributed by atoms with Crippen molar-refractivity contribution in [1.82, 2.24) is 14.9 Å². The second kappa shape index (κ2) is 8.67. The first kappa shape index (κ1) is 21.3. The molecule has 0 aliphatic carbocycles. The first-order chi connectivity index (χ1) is 15.4. The van der Waals surface area contributed by atoms with E-state index >= 15 is 0 Å². The zero-order valence-corrected chi connectivity index (χ0v) is 17.4. The van der Waals surface area contributed by atoms with Crippen molar-refractivity contribution < 1.29 is 24.5 Å². The Bertz CT molecular complexity index is 1260. The van der Waals surface area contributed by atoms with Gasteiger partial charge in [0.25, 0.3) is 11.5 Å². The highest BCUT2D eigenvalue weighted by Crippen LogP contribution is 2.34. The van der Waals surface area contributed by atoms with Gasteiger partial charge in [-0.25, -0.2) is 4.98 Å². The Morgan fingerprint density at radius 1 is 1.22 bits per heavy atom. The number of hydrogen-bond acceptors (Lipinski definition) is 7. The average Bonchev–Trinajstić information content (AvgIpc) is 2.81. The SMILES string of the molecule is Cn1c(=O)c(C(=O)NCC(=O)O)c(O)c2cc(-c3ccccc3N3CCOCC3)cnc21. The molecule has 0 atom stereocenters. The van der Waals surface area contributed by atoms with E-state index in [-0.39, 0.29) is 11.0 Å². The van der Waals surface area contributed by atoms with Crippen LogP contribution in [-0.2, 0) is 16.6 Å². The number of carbonyl (C=O) groups is 2. The van der Waals surface area contributed by atoms with Crippen molar-refractivity contribution in [2.75, 3.05) is 37.7 Å². The summed E-state index contributed by atoms with van der Waals surface area (Å²) in [7, 11) is 1.44. The number of rotatable bonds is 5. The largest absolute Gasteiger partial charge is 0.506 e. The fourth-order valence-corrected chi connectivity index (χ4v) is 3.79. The number of aryl methyl sites for hydroxylation is 1. The monoisotopic (exact) mass is 438 g/mol. The van der Waals surface area contributed by atoms with E-state index in [4.69, 9.17) is 9.84 Å². The van der Waals surface area contributed by atoms with Crippen LogP contribution in [0.1, 0.15) is 10.4 Å². The quantitative estimate of drug-likeness (QED) is 0.536. The summed E-state index contributed by atoms with van der Waals surface area (Å²) in [6, 6.07) is 9.44.